The predicted octanol–water partition coefficient (Wildman–Crippen LogP) is 0.763. The molecule has 0 bridgehead atoms. The van der Waals surface area contributed by atoms with E-state index in [0.29, 0.717) is 18.3 Å². The summed E-state index contributed by atoms with van der Waals surface area (Å²) in [6.45, 7) is 5.50. The van der Waals surface area contributed by atoms with Crippen LogP contribution in [-0.2, 0) is 9.53 Å². The van der Waals surface area contributed by atoms with Crippen molar-refractivity contribution in [1.82, 2.24) is 19.6 Å². The second-order valence-electron chi connectivity index (χ2n) is 3.72. The summed E-state index contributed by atoms with van der Waals surface area (Å²) in [6, 6.07) is 1.69. The van der Waals surface area contributed by atoms with Crippen LogP contribution in [0.2, 0.25) is 0 Å². The van der Waals surface area contributed by atoms with Crippen LogP contribution in [0.5, 0.6) is 5.88 Å². The standard InChI is InChI=1S/C11H14N4O3/c1-4-17-10(16)8(3)18-9-5-7(2)14-11-12-6-13-15(9)11/h5-6,8H,4H2,1-3H3. The van der Waals surface area contributed by atoms with Crippen molar-refractivity contribution in [1.29, 1.82) is 0 Å². The third kappa shape index (κ3) is 2.39. The maximum Gasteiger partial charge on any atom is 0.347 e. The Morgan fingerprint density at radius 3 is 3.06 bits per heavy atom. The lowest BCUT2D eigenvalue weighted by molar-refractivity contribution is -0.150. The highest BCUT2D eigenvalue weighted by atomic mass is 16.6. The van der Waals surface area contributed by atoms with Crippen LogP contribution < -0.4 is 4.74 Å². The van der Waals surface area contributed by atoms with E-state index in [1.54, 1.807) is 19.9 Å². The van der Waals surface area contributed by atoms with Gasteiger partial charge in [0.15, 0.2) is 6.10 Å². The van der Waals surface area contributed by atoms with Gasteiger partial charge in [0.1, 0.15) is 6.33 Å². The molecule has 7 heteroatoms. The number of ether oxygens (including phenoxy) is 2. The number of rotatable bonds is 4. The molecule has 18 heavy (non-hydrogen) atoms. The highest BCUT2D eigenvalue weighted by Gasteiger charge is 2.18. The number of fused-ring (bicyclic) bond motifs is 1. The zero-order valence-electron chi connectivity index (χ0n) is 10.5. The largest absolute Gasteiger partial charge is 0.463 e. The van der Waals surface area contributed by atoms with Crippen LogP contribution in [0.4, 0.5) is 0 Å². The molecule has 7 nitrogen and oxygen atoms in total. The van der Waals surface area contributed by atoms with Gasteiger partial charge in [-0.1, -0.05) is 0 Å². The Labute approximate surface area is 104 Å². The molecule has 2 aromatic rings. The molecule has 0 aliphatic carbocycles. The van der Waals surface area contributed by atoms with Gasteiger partial charge in [0, 0.05) is 11.8 Å². The lowest BCUT2D eigenvalue weighted by atomic mass is 10.4. The Balaban J connectivity index is 2.25. The minimum absolute atomic E-state index is 0.320. The molecular formula is C11H14N4O3. The summed E-state index contributed by atoms with van der Waals surface area (Å²) in [5.74, 6) is 0.428. The van der Waals surface area contributed by atoms with Crippen molar-refractivity contribution in [3.05, 3.63) is 18.1 Å². The number of hydrogen-bond acceptors (Lipinski definition) is 6. The van der Waals surface area contributed by atoms with E-state index in [1.165, 1.54) is 10.8 Å². The van der Waals surface area contributed by atoms with Gasteiger partial charge in [0.05, 0.1) is 6.61 Å². The molecule has 1 unspecified atom stereocenters. The van der Waals surface area contributed by atoms with E-state index >= 15 is 0 Å². The maximum absolute atomic E-state index is 11.5. The van der Waals surface area contributed by atoms with Gasteiger partial charge < -0.3 is 9.47 Å². The Bertz CT molecular complexity index is 566. The molecule has 2 rings (SSSR count). The van der Waals surface area contributed by atoms with E-state index in [4.69, 9.17) is 9.47 Å². The third-order valence-corrected chi connectivity index (χ3v) is 2.26. The summed E-state index contributed by atoms with van der Waals surface area (Å²) in [5, 5.41) is 3.98. The van der Waals surface area contributed by atoms with Crippen LogP contribution in [-0.4, -0.2) is 38.3 Å². The second-order valence-corrected chi connectivity index (χ2v) is 3.72. The molecule has 0 saturated heterocycles. The summed E-state index contributed by atoms with van der Waals surface area (Å²) in [4.78, 5) is 19.6. The van der Waals surface area contributed by atoms with Gasteiger partial charge in [-0.3, -0.25) is 0 Å². The Morgan fingerprint density at radius 2 is 2.33 bits per heavy atom. The van der Waals surface area contributed by atoms with Crippen LogP contribution in [0.15, 0.2) is 12.4 Å². The average Bonchev–Trinajstić information content (AvgIpc) is 2.77. The summed E-state index contributed by atoms with van der Waals surface area (Å²) < 4.78 is 11.8. The van der Waals surface area contributed by atoms with E-state index in [9.17, 15) is 4.79 Å². The van der Waals surface area contributed by atoms with Crippen LogP contribution in [0.3, 0.4) is 0 Å². The van der Waals surface area contributed by atoms with Gasteiger partial charge in [-0.25, -0.2) is 9.78 Å². The number of nitrogens with zero attached hydrogens (tertiary/aromatic N) is 4. The Kier molecular flexibility index (Phi) is 3.40. The van der Waals surface area contributed by atoms with E-state index < -0.39 is 12.1 Å². The normalized spacial score (nSPS) is 12.4. The fraction of sp³-hybridized carbons (Fsp3) is 0.455. The predicted molar refractivity (Wildman–Crippen MR) is 62.2 cm³/mol. The fourth-order valence-corrected chi connectivity index (χ4v) is 1.47. The lowest BCUT2D eigenvalue weighted by Gasteiger charge is -2.13. The molecule has 2 heterocycles. The topological polar surface area (TPSA) is 78.6 Å². The number of hydrogen-bond donors (Lipinski definition) is 0. The SMILES string of the molecule is CCOC(=O)C(C)Oc1cc(C)nc2ncnn12. The number of aromatic nitrogens is 4. The third-order valence-electron chi connectivity index (χ3n) is 2.26. The first kappa shape index (κ1) is 12.3. The zero-order valence-corrected chi connectivity index (χ0v) is 10.5. The molecule has 0 spiro atoms. The minimum Gasteiger partial charge on any atom is -0.463 e. The van der Waals surface area contributed by atoms with E-state index in [-0.39, 0.29) is 0 Å². The number of aryl methyl sites for hydroxylation is 1. The van der Waals surface area contributed by atoms with Gasteiger partial charge >= 0.3 is 5.97 Å². The first-order valence-corrected chi connectivity index (χ1v) is 5.62. The fourth-order valence-electron chi connectivity index (χ4n) is 1.47. The lowest BCUT2D eigenvalue weighted by Crippen LogP contribution is -2.27. The highest BCUT2D eigenvalue weighted by molar-refractivity contribution is 5.74. The van der Waals surface area contributed by atoms with Crippen molar-refractivity contribution in [3.8, 4) is 5.88 Å². The minimum atomic E-state index is -0.709. The first-order valence-electron chi connectivity index (χ1n) is 5.62. The number of esters is 1. The van der Waals surface area contributed by atoms with Crippen LogP contribution in [0.25, 0.3) is 5.78 Å². The van der Waals surface area contributed by atoms with Gasteiger partial charge in [-0.2, -0.15) is 14.6 Å². The summed E-state index contributed by atoms with van der Waals surface area (Å²) in [5.41, 5.74) is 0.738. The maximum atomic E-state index is 11.5. The Morgan fingerprint density at radius 1 is 1.56 bits per heavy atom. The van der Waals surface area contributed by atoms with Crippen molar-refractivity contribution in [2.75, 3.05) is 6.61 Å². The zero-order chi connectivity index (χ0) is 13.1. The Hall–Kier alpha value is -2.18. The molecule has 0 aliphatic rings. The van der Waals surface area contributed by atoms with Crippen molar-refractivity contribution >= 4 is 11.7 Å². The summed E-state index contributed by atoms with van der Waals surface area (Å²) in [7, 11) is 0. The van der Waals surface area contributed by atoms with Crippen molar-refractivity contribution < 1.29 is 14.3 Å². The molecular weight excluding hydrogens is 236 g/mol. The van der Waals surface area contributed by atoms with Crippen molar-refractivity contribution in [2.24, 2.45) is 0 Å². The highest BCUT2D eigenvalue weighted by Crippen LogP contribution is 2.14. The molecule has 0 aliphatic heterocycles. The number of carbonyl (C=O) groups excluding carboxylic acids is 1. The molecule has 0 N–H and O–H groups in total. The monoisotopic (exact) mass is 250 g/mol. The molecule has 0 saturated carbocycles. The molecule has 96 valence electrons. The molecule has 1 atom stereocenters. The van der Waals surface area contributed by atoms with Crippen LogP contribution in [0, 0.1) is 6.92 Å². The van der Waals surface area contributed by atoms with Gasteiger partial charge in [0.2, 0.25) is 5.88 Å². The quantitative estimate of drug-likeness (QED) is 0.745. The van der Waals surface area contributed by atoms with E-state index in [2.05, 4.69) is 15.1 Å². The molecule has 0 amide bonds. The first-order chi connectivity index (χ1) is 8.61. The van der Waals surface area contributed by atoms with E-state index in [1.807, 2.05) is 6.92 Å². The number of carbonyl (C=O) groups is 1. The van der Waals surface area contributed by atoms with E-state index in [0.717, 1.165) is 5.69 Å². The van der Waals surface area contributed by atoms with Crippen molar-refractivity contribution in [2.45, 2.75) is 26.9 Å². The molecule has 2 aromatic heterocycles. The van der Waals surface area contributed by atoms with Crippen LogP contribution >= 0.6 is 0 Å². The van der Waals surface area contributed by atoms with Gasteiger partial charge in [-0.05, 0) is 20.8 Å². The van der Waals surface area contributed by atoms with Gasteiger partial charge in [-0.15, -0.1) is 0 Å². The smallest absolute Gasteiger partial charge is 0.347 e. The van der Waals surface area contributed by atoms with Gasteiger partial charge in [0.25, 0.3) is 5.78 Å². The van der Waals surface area contributed by atoms with Crippen molar-refractivity contribution in [3.63, 3.8) is 0 Å². The molecule has 0 fully saturated rings. The average molecular weight is 250 g/mol. The van der Waals surface area contributed by atoms with Crippen LogP contribution in [0.1, 0.15) is 19.5 Å². The molecule has 0 aromatic carbocycles. The molecule has 0 radical (unpaired) electrons. The summed E-state index contributed by atoms with van der Waals surface area (Å²) >= 11 is 0. The second kappa shape index (κ2) is 4.99. The summed E-state index contributed by atoms with van der Waals surface area (Å²) in [6.07, 6.45) is 0.670.